The second kappa shape index (κ2) is 7.88. The maximum atomic E-state index is 4.83. The number of allylic oxidation sites excluding steroid dienone is 1. The Kier molecular flexibility index (Phi) is 4.79. The van der Waals surface area contributed by atoms with Crippen molar-refractivity contribution in [2.75, 3.05) is 6.54 Å². The molecule has 0 unspecified atom stereocenters. The molecule has 4 aromatic rings. The molecule has 142 valence electrons. The summed E-state index contributed by atoms with van der Waals surface area (Å²) < 4.78 is 2.35. The van der Waals surface area contributed by atoms with Crippen LogP contribution < -0.4 is 0 Å². The van der Waals surface area contributed by atoms with Crippen molar-refractivity contribution < 1.29 is 0 Å². The molecule has 1 aliphatic rings. The van der Waals surface area contributed by atoms with E-state index in [4.69, 9.17) is 4.99 Å². The van der Waals surface area contributed by atoms with Crippen molar-refractivity contribution in [1.29, 1.82) is 0 Å². The maximum absolute atomic E-state index is 4.83. The van der Waals surface area contributed by atoms with Gasteiger partial charge in [0.05, 0.1) is 5.71 Å². The Morgan fingerprint density at radius 1 is 0.931 bits per heavy atom. The van der Waals surface area contributed by atoms with Crippen molar-refractivity contribution in [1.82, 2.24) is 9.55 Å². The van der Waals surface area contributed by atoms with Gasteiger partial charge >= 0.3 is 0 Å². The lowest BCUT2D eigenvalue weighted by molar-refractivity contribution is 0.817. The molecule has 2 aromatic carbocycles. The van der Waals surface area contributed by atoms with Crippen molar-refractivity contribution >= 4 is 22.7 Å². The molecule has 0 N–H and O–H groups in total. The standard InChI is InChI=1S/C26H23N3/c1-2-8-20(9-3-1)18-29-19-23(24-12-4-5-13-25(24)29)16-21-10-7-15-28-26(21)22-11-6-14-27-17-22/h1-6,8-9,11-14,16-17,19H,7,10,15,18H2. The Balaban J connectivity index is 1.58. The molecule has 3 nitrogen and oxygen atoms in total. The first kappa shape index (κ1) is 17.6. The van der Waals surface area contributed by atoms with Gasteiger partial charge in [0.25, 0.3) is 0 Å². The van der Waals surface area contributed by atoms with E-state index >= 15 is 0 Å². The zero-order valence-electron chi connectivity index (χ0n) is 16.3. The molecule has 2 aromatic heterocycles. The first-order valence-corrected chi connectivity index (χ1v) is 10.2. The van der Waals surface area contributed by atoms with Gasteiger partial charge in [0, 0.05) is 53.7 Å². The minimum Gasteiger partial charge on any atom is -0.342 e. The van der Waals surface area contributed by atoms with E-state index in [0.29, 0.717) is 0 Å². The third-order valence-electron chi connectivity index (χ3n) is 5.46. The Morgan fingerprint density at radius 3 is 2.66 bits per heavy atom. The first-order chi connectivity index (χ1) is 14.4. The minimum absolute atomic E-state index is 0.869. The van der Waals surface area contributed by atoms with E-state index in [9.17, 15) is 0 Å². The summed E-state index contributed by atoms with van der Waals surface area (Å²) in [5.74, 6) is 0. The van der Waals surface area contributed by atoms with Gasteiger partial charge in [0.15, 0.2) is 0 Å². The zero-order chi connectivity index (χ0) is 19.5. The molecule has 3 heterocycles. The van der Waals surface area contributed by atoms with Crippen LogP contribution >= 0.6 is 0 Å². The smallest absolute Gasteiger partial charge is 0.0694 e. The first-order valence-electron chi connectivity index (χ1n) is 10.2. The summed E-state index contributed by atoms with van der Waals surface area (Å²) in [6.45, 7) is 1.76. The van der Waals surface area contributed by atoms with Crippen molar-refractivity contribution in [3.8, 4) is 0 Å². The number of hydrogen-bond acceptors (Lipinski definition) is 2. The lowest BCUT2D eigenvalue weighted by Gasteiger charge is -2.16. The summed E-state index contributed by atoms with van der Waals surface area (Å²) in [5, 5.41) is 1.28. The fourth-order valence-corrected chi connectivity index (χ4v) is 4.09. The number of fused-ring (bicyclic) bond motifs is 1. The van der Waals surface area contributed by atoms with Gasteiger partial charge < -0.3 is 4.57 Å². The number of pyridine rings is 1. The van der Waals surface area contributed by atoms with E-state index in [1.54, 1.807) is 0 Å². The largest absolute Gasteiger partial charge is 0.342 e. The summed E-state index contributed by atoms with van der Waals surface area (Å²) in [7, 11) is 0. The predicted octanol–water partition coefficient (Wildman–Crippen LogP) is 5.75. The summed E-state index contributed by atoms with van der Waals surface area (Å²) >= 11 is 0. The molecule has 0 radical (unpaired) electrons. The average Bonchev–Trinajstić information content (AvgIpc) is 3.13. The van der Waals surface area contributed by atoms with Gasteiger partial charge in [-0.1, -0.05) is 48.5 Å². The second-order valence-electron chi connectivity index (χ2n) is 7.46. The van der Waals surface area contributed by atoms with Crippen LogP contribution in [0, 0.1) is 0 Å². The highest BCUT2D eigenvalue weighted by molar-refractivity contribution is 6.15. The van der Waals surface area contributed by atoms with Crippen LogP contribution in [0.1, 0.15) is 29.5 Å². The fourth-order valence-electron chi connectivity index (χ4n) is 4.09. The third-order valence-corrected chi connectivity index (χ3v) is 5.46. The maximum Gasteiger partial charge on any atom is 0.0694 e. The molecular formula is C26H23N3. The number of nitrogens with zero attached hydrogens (tertiary/aromatic N) is 3. The highest BCUT2D eigenvalue weighted by atomic mass is 15.0. The van der Waals surface area contributed by atoms with Crippen LogP contribution in [0.15, 0.2) is 95.9 Å². The monoisotopic (exact) mass is 377 g/mol. The van der Waals surface area contributed by atoms with E-state index in [0.717, 1.165) is 37.2 Å². The highest BCUT2D eigenvalue weighted by Crippen LogP contribution is 2.28. The minimum atomic E-state index is 0.869. The normalized spacial score (nSPS) is 15.6. The van der Waals surface area contributed by atoms with E-state index in [-0.39, 0.29) is 0 Å². The average molecular weight is 377 g/mol. The van der Waals surface area contributed by atoms with E-state index in [1.807, 2.05) is 18.5 Å². The van der Waals surface area contributed by atoms with Crippen LogP contribution in [0.3, 0.4) is 0 Å². The number of rotatable bonds is 4. The molecule has 1 aliphatic heterocycles. The fraction of sp³-hybridized carbons (Fsp3) is 0.154. The molecule has 0 amide bonds. The van der Waals surface area contributed by atoms with Gasteiger partial charge in [-0.3, -0.25) is 9.98 Å². The second-order valence-corrected chi connectivity index (χ2v) is 7.46. The quantitative estimate of drug-likeness (QED) is 0.445. The summed E-state index contributed by atoms with van der Waals surface area (Å²) in [4.78, 5) is 9.12. The van der Waals surface area contributed by atoms with E-state index < -0.39 is 0 Å². The molecule has 0 fully saturated rings. The number of aromatic nitrogens is 2. The lowest BCUT2D eigenvalue weighted by Crippen LogP contribution is -2.11. The van der Waals surface area contributed by atoms with Crippen LogP contribution in [0.25, 0.3) is 17.0 Å². The van der Waals surface area contributed by atoms with Crippen LogP contribution in [0.2, 0.25) is 0 Å². The number of aliphatic imine (C=N–C) groups is 1. The van der Waals surface area contributed by atoms with Crippen LogP contribution in [-0.2, 0) is 6.54 Å². The molecule has 3 heteroatoms. The topological polar surface area (TPSA) is 30.2 Å². The van der Waals surface area contributed by atoms with Crippen molar-refractivity contribution in [2.45, 2.75) is 19.4 Å². The summed E-state index contributed by atoms with van der Waals surface area (Å²) in [5.41, 5.74) is 7.31. The highest BCUT2D eigenvalue weighted by Gasteiger charge is 2.16. The number of para-hydroxylation sites is 1. The Labute approximate surface area is 171 Å². The van der Waals surface area contributed by atoms with Crippen LogP contribution in [-0.4, -0.2) is 21.8 Å². The van der Waals surface area contributed by atoms with Gasteiger partial charge in [-0.25, -0.2) is 0 Å². The van der Waals surface area contributed by atoms with Gasteiger partial charge in [0.1, 0.15) is 0 Å². The van der Waals surface area contributed by atoms with E-state index in [2.05, 4.69) is 82.5 Å². The van der Waals surface area contributed by atoms with Crippen molar-refractivity contribution in [3.05, 3.63) is 108 Å². The SMILES string of the molecule is C(=C1CCCN=C1c1cccnc1)c1cn(Cc2ccccc2)c2ccccc12. The molecule has 0 atom stereocenters. The van der Waals surface area contributed by atoms with Crippen molar-refractivity contribution in [3.63, 3.8) is 0 Å². The molecule has 5 rings (SSSR count). The summed E-state index contributed by atoms with van der Waals surface area (Å²) in [6.07, 6.45) is 10.5. The van der Waals surface area contributed by atoms with Gasteiger partial charge in [0.2, 0.25) is 0 Å². The third kappa shape index (κ3) is 3.64. The molecule has 0 bridgehead atoms. The molecule has 0 saturated heterocycles. The molecule has 0 spiro atoms. The molecule has 29 heavy (non-hydrogen) atoms. The predicted molar refractivity (Wildman–Crippen MR) is 120 cm³/mol. The van der Waals surface area contributed by atoms with E-state index in [1.165, 1.54) is 27.6 Å². The Hall–Kier alpha value is -3.46. The van der Waals surface area contributed by atoms with Crippen LogP contribution in [0.5, 0.6) is 0 Å². The lowest BCUT2D eigenvalue weighted by atomic mass is 9.95. The summed E-state index contributed by atoms with van der Waals surface area (Å²) in [6, 6.07) is 23.4. The van der Waals surface area contributed by atoms with Gasteiger partial charge in [-0.15, -0.1) is 0 Å². The Morgan fingerprint density at radius 2 is 1.79 bits per heavy atom. The molecule has 0 aliphatic carbocycles. The van der Waals surface area contributed by atoms with Gasteiger partial charge in [-0.05, 0) is 48.3 Å². The number of hydrogen-bond donors (Lipinski definition) is 0. The molecule has 0 saturated carbocycles. The van der Waals surface area contributed by atoms with Crippen molar-refractivity contribution in [2.24, 2.45) is 4.99 Å². The number of benzene rings is 2. The van der Waals surface area contributed by atoms with Gasteiger partial charge in [-0.2, -0.15) is 0 Å². The Bertz CT molecular complexity index is 1180. The zero-order valence-corrected chi connectivity index (χ0v) is 16.3. The molecular weight excluding hydrogens is 354 g/mol. The van der Waals surface area contributed by atoms with Crippen LogP contribution in [0.4, 0.5) is 0 Å².